The summed E-state index contributed by atoms with van der Waals surface area (Å²) >= 11 is 0. The van der Waals surface area contributed by atoms with Gasteiger partial charge in [-0.05, 0) is 24.5 Å². The molecule has 2 aromatic heterocycles. The van der Waals surface area contributed by atoms with Gasteiger partial charge in [-0.2, -0.15) is 5.10 Å². The number of H-pyrrole nitrogens is 1. The van der Waals surface area contributed by atoms with Gasteiger partial charge in [0, 0.05) is 55.2 Å². The summed E-state index contributed by atoms with van der Waals surface area (Å²) in [7, 11) is 0. The second-order valence-corrected chi connectivity index (χ2v) is 10.8. The molecule has 40 heavy (non-hydrogen) atoms. The molecule has 0 atom stereocenters. The fraction of sp³-hybridized carbons (Fsp3) is 0.464. The summed E-state index contributed by atoms with van der Waals surface area (Å²) < 4.78 is 2.14. The molecule has 0 aliphatic heterocycles. The van der Waals surface area contributed by atoms with E-state index in [0.29, 0.717) is 0 Å². The number of benzene rings is 1. The highest BCUT2D eigenvalue weighted by Crippen LogP contribution is 2.25. The molecule has 0 aliphatic rings. The van der Waals surface area contributed by atoms with Crippen molar-refractivity contribution in [1.82, 2.24) is 24.6 Å². The maximum atomic E-state index is 10.3. The second-order valence-electron chi connectivity index (χ2n) is 10.8. The van der Waals surface area contributed by atoms with Crippen LogP contribution in [0.5, 0.6) is 0 Å². The van der Waals surface area contributed by atoms with Crippen LogP contribution in [0, 0.1) is 6.92 Å². The number of aromatic amines is 1. The molecule has 12 nitrogen and oxygen atoms in total. The van der Waals surface area contributed by atoms with Crippen LogP contribution in [0.2, 0.25) is 0 Å². The molecule has 0 fully saturated rings. The number of nitrogens with one attached hydrogen (secondary N) is 1. The fourth-order valence-corrected chi connectivity index (χ4v) is 4.17. The molecule has 0 bridgehead atoms. The molecule has 0 radical (unpaired) electrons. The Labute approximate surface area is 233 Å². The lowest BCUT2D eigenvalue weighted by Gasteiger charge is -2.25. The van der Waals surface area contributed by atoms with Crippen LogP contribution in [0.15, 0.2) is 49.2 Å². The number of imidazole rings is 1. The third-order valence-corrected chi connectivity index (χ3v) is 6.25. The van der Waals surface area contributed by atoms with Crippen molar-refractivity contribution in [2.24, 2.45) is 0 Å². The van der Waals surface area contributed by atoms with E-state index in [9.17, 15) is 14.4 Å². The van der Waals surface area contributed by atoms with E-state index in [4.69, 9.17) is 20.4 Å². The maximum absolute atomic E-state index is 10.3. The van der Waals surface area contributed by atoms with E-state index in [1.807, 2.05) is 24.9 Å². The van der Waals surface area contributed by atoms with E-state index in [2.05, 4.69) is 76.6 Å². The quantitative estimate of drug-likeness (QED) is 0.209. The SMILES string of the molecule is Cc1ccccc1CN(CCCn1ccnc1)Cc1cn[nH]c1C(C)(C)C.O=C(O)CC(O)(CC(=O)O)C(=O)O. The molecule has 0 saturated carbocycles. The van der Waals surface area contributed by atoms with Crippen LogP contribution >= 0.6 is 0 Å². The van der Waals surface area contributed by atoms with E-state index in [1.54, 1.807) is 0 Å². The highest BCUT2D eigenvalue weighted by Gasteiger charge is 2.40. The lowest BCUT2D eigenvalue weighted by atomic mass is 9.89. The molecule has 3 rings (SSSR count). The van der Waals surface area contributed by atoms with Gasteiger partial charge in [0.2, 0.25) is 0 Å². The molecule has 3 aromatic rings. The normalized spacial score (nSPS) is 11.7. The summed E-state index contributed by atoms with van der Waals surface area (Å²) in [6, 6.07) is 8.66. The third-order valence-electron chi connectivity index (χ3n) is 6.25. The van der Waals surface area contributed by atoms with Gasteiger partial charge in [-0.1, -0.05) is 45.0 Å². The van der Waals surface area contributed by atoms with Crippen molar-refractivity contribution < 1.29 is 34.8 Å². The Bertz CT molecular complexity index is 1230. The Kier molecular flexibility index (Phi) is 11.6. The van der Waals surface area contributed by atoms with Gasteiger partial charge in [0.05, 0.1) is 25.4 Å². The molecular formula is C28H39N5O7. The number of hydrogen-bond donors (Lipinski definition) is 5. The minimum Gasteiger partial charge on any atom is -0.481 e. The first kappa shape index (κ1) is 32.2. The molecular weight excluding hydrogens is 518 g/mol. The van der Waals surface area contributed by atoms with E-state index >= 15 is 0 Å². The molecule has 5 N–H and O–H groups in total. The smallest absolute Gasteiger partial charge is 0.336 e. The molecule has 12 heteroatoms. The summed E-state index contributed by atoms with van der Waals surface area (Å²) in [6.07, 6.45) is 6.54. The van der Waals surface area contributed by atoms with Gasteiger partial charge < -0.3 is 25.0 Å². The van der Waals surface area contributed by atoms with Crippen LogP contribution in [0.4, 0.5) is 0 Å². The molecule has 1 aromatic carbocycles. The lowest BCUT2D eigenvalue weighted by molar-refractivity contribution is -0.170. The first-order valence-electron chi connectivity index (χ1n) is 12.9. The zero-order valence-electron chi connectivity index (χ0n) is 23.4. The van der Waals surface area contributed by atoms with Crippen LogP contribution in [0.3, 0.4) is 0 Å². The summed E-state index contributed by atoms with van der Waals surface area (Å²) in [6.45, 7) is 12.8. The van der Waals surface area contributed by atoms with Gasteiger partial charge in [-0.15, -0.1) is 0 Å². The van der Waals surface area contributed by atoms with Crippen molar-refractivity contribution in [2.45, 2.75) is 77.6 Å². The van der Waals surface area contributed by atoms with E-state index < -0.39 is 36.4 Å². The van der Waals surface area contributed by atoms with E-state index in [-0.39, 0.29) is 5.41 Å². The predicted molar refractivity (Wildman–Crippen MR) is 147 cm³/mol. The number of rotatable bonds is 13. The van der Waals surface area contributed by atoms with E-state index in [0.717, 1.165) is 32.6 Å². The van der Waals surface area contributed by atoms with Gasteiger partial charge in [0.15, 0.2) is 5.60 Å². The lowest BCUT2D eigenvalue weighted by Crippen LogP contribution is -2.42. The van der Waals surface area contributed by atoms with Gasteiger partial charge in [-0.25, -0.2) is 9.78 Å². The zero-order valence-corrected chi connectivity index (χ0v) is 23.4. The van der Waals surface area contributed by atoms with Gasteiger partial charge in [0.25, 0.3) is 0 Å². The Morgan fingerprint density at radius 1 is 1.00 bits per heavy atom. The van der Waals surface area contributed by atoms with Crippen molar-refractivity contribution in [3.05, 3.63) is 71.6 Å². The molecule has 0 aliphatic carbocycles. The fourth-order valence-electron chi connectivity index (χ4n) is 4.17. The number of aromatic nitrogens is 4. The summed E-state index contributed by atoms with van der Waals surface area (Å²) in [4.78, 5) is 37.1. The number of aliphatic carboxylic acids is 3. The monoisotopic (exact) mass is 557 g/mol. The molecule has 0 amide bonds. The Morgan fingerprint density at radius 3 is 2.15 bits per heavy atom. The second kappa shape index (κ2) is 14.4. The highest BCUT2D eigenvalue weighted by molar-refractivity contribution is 5.88. The van der Waals surface area contributed by atoms with Gasteiger partial charge in [0.1, 0.15) is 0 Å². The van der Waals surface area contributed by atoms with Crippen LogP contribution in [-0.2, 0) is 39.4 Å². The van der Waals surface area contributed by atoms with Crippen molar-refractivity contribution in [2.75, 3.05) is 6.54 Å². The minimum absolute atomic E-state index is 0.0664. The van der Waals surface area contributed by atoms with Crippen LogP contribution in [0.1, 0.15) is 62.4 Å². The minimum atomic E-state index is -2.74. The zero-order chi connectivity index (χ0) is 29.9. The van der Waals surface area contributed by atoms with Crippen molar-refractivity contribution >= 4 is 17.9 Å². The number of aryl methyl sites for hydroxylation is 2. The maximum Gasteiger partial charge on any atom is 0.336 e. The number of aliphatic hydroxyl groups is 1. The predicted octanol–water partition coefficient (Wildman–Crippen LogP) is 3.06. The first-order valence-corrected chi connectivity index (χ1v) is 12.9. The summed E-state index contributed by atoms with van der Waals surface area (Å²) in [5.41, 5.74) is 2.58. The molecule has 0 saturated heterocycles. The number of carbonyl (C=O) groups is 3. The standard InChI is InChI=1S/C22H31N5.C6H8O7/c1-18-8-5-6-9-19(18)15-27(12-7-11-26-13-10-23-17-26)16-20-14-24-25-21(20)22(2,3)4;7-3(8)1-6(13,5(11)12)2-4(9)10/h5-6,8-10,13-14,17H,7,11-12,15-16H2,1-4H3,(H,24,25);13H,1-2H2,(H,7,8)(H,9,10)(H,11,12). The Balaban J connectivity index is 0.000000366. The number of hydrogen-bond acceptors (Lipinski definition) is 7. The van der Waals surface area contributed by atoms with Crippen molar-refractivity contribution in [1.29, 1.82) is 0 Å². The molecule has 0 unspecified atom stereocenters. The molecule has 218 valence electrons. The number of nitrogens with zero attached hydrogens (tertiary/aromatic N) is 4. The number of carboxylic acid groups (broad SMARTS) is 3. The highest BCUT2D eigenvalue weighted by atomic mass is 16.4. The Morgan fingerprint density at radius 2 is 1.62 bits per heavy atom. The summed E-state index contributed by atoms with van der Waals surface area (Å²) in [5, 5.41) is 41.3. The van der Waals surface area contributed by atoms with Crippen LogP contribution < -0.4 is 0 Å². The Hall–Kier alpha value is -4.03. The first-order chi connectivity index (χ1) is 18.7. The van der Waals surface area contributed by atoms with Crippen LogP contribution in [0.25, 0.3) is 0 Å². The van der Waals surface area contributed by atoms with Gasteiger partial charge >= 0.3 is 17.9 Å². The van der Waals surface area contributed by atoms with Gasteiger partial charge in [-0.3, -0.25) is 19.6 Å². The largest absolute Gasteiger partial charge is 0.481 e. The number of carboxylic acids is 3. The molecule has 2 heterocycles. The average molecular weight is 558 g/mol. The third kappa shape index (κ3) is 10.3. The topological polar surface area (TPSA) is 182 Å². The molecule has 0 spiro atoms. The summed E-state index contributed by atoms with van der Waals surface area (Å²) in [5.74, 6) is -5.02. The van der Waals surface area contributed by atoms with Crippen molar-refractivity contribution in [3.63, 3.8) is 0 Å². The van der Waals surface area contributed by atoms with Crippen molar-refractivity contribution in [3.8, 4) is 0 Å². The van der Waals surface area contributed by atoms with E-state index in [1.165, 1.54) is 22.4 Å². The average Bonchev–Trinajstić information content (AvgIpc) is 3.52. The van der Waals surface area contributed by atoms with Crippen LogP contribution in [-0.4, -0.2) is 75.1 Å².